The molecular formula is C23H30F3N3O2. The third-order valence-electron chi connectivity index (χ3n) is 6.13. The zero-order valence-corrected chi connectivity index (χ0v) is 17.9. The first-order chi connectivity index (χ1) is 14.8. The molecule has 0 saturated carbocycles. The minimum absolute atomic E-state index is 0.0309. The Morgan fingerprint density at radius 1 is 1.10 bits per heavy atom. The van der Waals surface area contributed by atoms with Crippen LogP contribution in [-0.4, -0.2) is 53.8 Å². The number of piperidine rings is 2. The van der Waals surface area contributed by atoms with Crippen LogP contribution in [0.2, 0.25) is 0 Å². The van der Waals surface area contributed by atoms with Crippen LogP contribution in [0, 0.1) is 0 Å². The highest BCUT2D eigenvalue weighted by Crippen LogP contribution is 2.29. The average molecular weight is 438 g/mol. The number of amides is 2. The highest BCUT2D eigenvalue weighted by molar-refractivity contribution is 6.18. The molecule has 1 aromatic rings. The van der Waals surface area contributed by atoms with Gasteiger partial charge in [-0.15, -0.1) is 0 Å². The summed E-state index contributed by atoms with van der Waals surface area (Å²) < 4.78 is 38.6. The van der Waals surface area contributed by atoms with E-state index in [4.69, 9.17) is 0 Å². The zero-order chi connectivity index (χ0) is 22.4. The van der Waals surface area contributed by atoms with E-state index in [2.05, 4.69) is 10.2 Å². The molecule has 2 saturated heterocycles. The topological polar surface area (TPSA) is 52.7 Å². The molecule has 0 radical (unpaired) electrons. The third-order valence-corrected chi connectivity index (χ3v) is 6.13. The minimum Gasteiger partial charge on any atom is -0.348 e. The summed E-state index contributed by atoms with van der Waals surface area (Å²) in [7, 11) is 0. The van der Waals surface area contributed by atoms with Crippen LogP contribution in [-0.2, 0) is 22.3 Å². The maximum absolute atomic E-state index is 12.9. The van der Waals surface area contributed by atoms with Gasteiger partial charge in [-0.05, 0) is 63.4 Å². The first kappa shape index (κ1) is 23.3. The highest BCUT2D eigenvalue weighted by atomic mass is 19.4. The van der Waals surface area contributed by atoms with Gasteiger partial charge < -0.3 is 15.1 Å². The van der Waals surface area contributed by atoms with E-state index >= 15 is 0 Å². The van der Waals surface area contributed by atoms with Crippen molar-refractivity contribution in [1.82, 2.24) is 15.1 Å². The van der Waals surface area contributed by atoms with Crippen molar-refractivity contribution >= 4 is 11.8 Å². The van der Waals surface area contributed by atoms with Crippen molar-refractivity contribution in [2.45, 2.75) is 57.8 Å². The molecule has 3 rings (SSSR count). The summed E-state index contributed by atoms with van der Waals surface area (Å²) in [6.45, 7) is 5.01. The number of benzene rings is 1. The lowest BCUT2D eigenvalue weighted by molar-refractivity contribution is -0.137. The van der Waals surface area contributed by atoms with E-state index in [0.29, 0.717) is 24.7 Å². The summed E-state index contributed by atoms with van der Waals surface area (Å²) in [5.41, 5.74) is -0.407. The number of carbonyl (C=O) groups is 2. The number of hydrogen-bond acceptors (Lipinski definition) is 3. The van der Waals surface area contributed by atoms with E-state index in [0.717, 1.165) is 38.1 Å². The second kappa shape index (κ2) is 10.3. The van der Waals surface area contributed by atoms with E-state index < -0.39 is 17.6 Å². The second-order valence-corrected chi connectivity index (χ2v) is 8.20. The van der Waals surface area contributed by atoms with Crippen LogP contribution in [0.4, 0.5) is 13.2 Å². The molecule has 5 nitrogen and oxygen atoms in total. The normalized spacial score (nSPS) is 19.4. The van der Waals surface area contributed by atoms with Crippen molar-refractivity contribution in [1.29, 1.82) is 0 Å². The second-order valence-electron chi connectivity index (χ2n) is 8.20. The molecule has 0 aromatic heterocycles. The summed E-state index contributed by atoms with van der Waals surface area (Å²) in [5.74, 6) is -0.885. The molecule has 0 atom stereocenters. The van der Waals surface area contributed by atoms with Gasteiger partial charge in [-0.3, -0.25) is 9.59 Å². The summed E-state index contributed by atoms with van der Waals surface area (Å²) in [4.78, 5) is 29.7. The number of rotatable bonds is 5. The zero-order valence-electron chi connectivity index (χ0n) is 17.9. The lowest BCUT2D eigenvalue weighted by atomic mass is 9.99. The Morgan fingerprint density at radius 3 is 2.39 bits per heavy atom. The van der Waals surface area contributed by atoms with E-state index in [1.165, 1.54) is 37.5 Å². The van der Waals surface area contributed by atoms with Crippen LogP contribution in [0.5, 0.6) is 0 Å². The Labute approximate surface area is 181 Å². The molecule has 0 aliphatic carbocycles. The SMILES string of the molecule is C/C=C(\C(=O)NCc1cccc(C(F)(F)F)c1)C(=O)N1CCC(N2CCCCC2)CC1. The number of halogens is 3. The number of nitrogens with zero attached hydrogens (tertiary/aromatic N) is 2. The molecule has 2 aliphatic heterocycles. The molecule has 2 heterocycles. The van der Waals surface area contributed by atoms with E-state index in [1.54, 1.807) is 11.8 Å². The smallest absolute Gasteiger partial charge is 0.348 e. The van der Waals surface area contributed by atoms with Crippen molar-refractivity contribution in [3.8, 4) is 0 Å². The first-order valence-corrected chi connectivity index (χ1v) is 10.9. The largest absolute Gasteiger partial charge is 0.416 e. The fraction of sp³-hybridized carbons (Fsp3) is 0.565. The molecular weight excluding hydrogens is 407 g/mol. The Bertz CT molecular complexity index is 809. The average Bonchev–Trinajstić information content (AvgIpc) is 2.78. The molecule has 1 N–H and O–H groups in total. The quantitative estimate of drug-likeness (QED) is 0.434. The molecule has 8 heteroatoms. The summed E-state index contributed by atoms with van der Waals surface area (Å²) >= 11 is 0. The van der Waals surface area contributed by atoms with Crippen LogP contribution < -0.4 is 5.32 Å². The lowest BCUT2D eigenvalue weighted by Gasteiger charge is -2.40. The Balaban J connectivity index is 1.53. The van der Waals surface area contributed by atoms with E-state index in [1.807, 2.05) is 0 Å². The highest BCUT2D eigenvalue weighted by Gasteiger charge is 2.31. The predicted octanol–water partition coefficient (Wildman–Crippen LogP) is 3.74. The summed E-state index contributed by atoms with van der Waals surface area (Å²) in [6.07, 6.45) is 2.57. The van der Waals surface area contributed by atoms with E-state index in [-0.39, 0.29) is 18.0 Å². The van der Waals surface area contributed by atoms with Crippen molar-refractivity contribution in [3.05, 3.63) is 47.0 Å². The summed E-state index contributed by atoms with van der Waals surface area (Å²) in [5, 5.41) is 2.58. The molecule has 0 unspecified atom stereocenters. The number of allylic oxidation sites excluding steroid dienone is 1. The number of carbonyl (C=O) groups excluding carboxylic acids is 2. The first-order valence-electron chi connectivity index (χ1n) is 10.9. The van der Waals surface area contributed by atoms with Crippen LogP contribution in [0.3, 0.4) is 0 Å². The number of nitrogens with one attached hydrogen (secondary N) is 1. The maximum atomic E-state index is 12.9. The Morgan fingerprint density at radius 2 is 1.77 bits per heavy atom. The van der Waals surface area contributed by atoms with Gasteiger partial charge in [0.1, 0.15) is 5.57 Å². The van der Waals surface area contributed by atoms with Gasteiger partial charge in [0, 0.05) is 25.7 Å². The van der Waals surface area contributed by atoms with Crippen LogP contribution in [0.15, 0.2) is 35.9 Å². The molecule has 2 fully saturated rings. The minimum atomic E-state index is -4.44. The number of hydrogen-bond donors (Lipinski definition) is 1. The van der Waals surface area contributed by atoms with Gasteiger partial charge in [0.05, 0.1) is 5.56 Å². The monoisotopic (exact) mass is 437 g/mol. The van der Waals surface area contributed by atoms with Crippen LogP contribution in [0.25, 0.3) is 0 Å². The predicted molar refractivity (Wildman–Crippen MR) is 112 cm³/mol. The van der Waals surface area contributed by atoms with Crippen molar-refractivity contribution < 1.29 is 22.8 Å². The van der Waals surface area contributed by atoms with Crippen molar-refractivity contribution in [3.63, 3.8) is 0 Å². The number of alkyl halides is 3. The molecule has 0 bridgehead atoms. The molecule has 170 valence electrons. The lowest BCUT2D eigenvalue weighted by Crippen LogP contribution is -2.49. The van der Waals surface area contributed by atoms with Gasteiger partial charge in [-0.25, -0.2) is 0 Å². The fourth-order valence-electron chi connectivity index (χ4n) is 4.37. The third kappa shape index (κ3) is 6.09. The van der Waals surface area contributed by atoms with Gasteiger partial charge in [0.25, 0.3) is 11.8 Å². The molecule has 1 aromatic carbocycles. The van der Waals surface area contributed by atoms with Crippen molar-refractivity contribution in [2.24, 2.45) is 0 Å². The number of likely N-dealkylation sites (tertiary alicyclic amines) is 2. The van der Waals surface area contributed by atoms with Gasteiger partial charge in [0.2, 0.25) is 0 Å². The van der Waals surface area contributed by atoms with Crippen molar-refractivity contribution in [2.75, 3.05) is 26.2 Å². The summed E-state index contributed by atoms with van der Waals surface area (Å²) in [6, 6.07) is 5.30. The standard InChI is InChI=1S/C23H30F3N3O2/c1-2-20(21(30)27-16-17-7-6-8-18(15-17)23(24,25)26)22(31)29-13-9-19(10-14-29)28-11-4-3-5-12-28/h2,6-8,15,19H,3-5,9-14,16H2,1H3,(H,27,30)/b20-2+. The molecule has 31 heavy (non-hydrogen) atoms. The Hall–Kier alpha value is -2.35. The van der Waals surface area contributed by atoms with Crippen LogP contribution in [0.1, 0.15) is 50.2 Å². The fourth-order valence-corrected chi connectivity index (χ4v) is 4.37. The van der Waals surface area contributed by atoms with Gasteiger partial charge in [-0.1, -0.05) is 24.6 Å². The Kier molecular flexibility index (Phi) is 7.75. The maximum Gasteiger partial charge on any atom is 0.416 e. The van der Waals surface area contributed by atoms with Gasteiger partial charge in [0.15, 0.2) is 0 Å². The molecule has 0 spiro atoms. The molecule has 2 aliphatic rings. The van der Waals surface area contributed by atoms with Gasteiger partial charge in [-0.2, -0.15) is 13.2 Å². The molecule has 2 amide bonds. The van der Waals surface area contributed by atoms with Crippen LogP contribution >= 0.6 is 0 Å². The van der Waals surface area contributed by atoms with Gasteiger partial charge >= 0.3 is 6.18 Å². The van der Waals surface area contributed by atoms with E-state index in [9.17, 15) is 22.8 Å².